The van der Waals surface area contributed by atoms with Crippen molar-refractivity contribution in [2.75, 3.05) is 26.5 Å². The van der Waals surface area contributed by atoms with Crippen LogP contribution in [0.1, 0.15) is 18.9 Å². The Balaban J connectivity index is 2.67. The number of ether oxygens (including phenoxy) is 1. The molecule has 0 unspecified atom stereocenters. The summed E-state index contributed by atoms with van der Waals surface area (Å²) < 4.78 is 30.0. The summed E-state index contributed by atoms with van der Waals surface area (Å²) in [4.78, 5) is 11.2. The Kier molecular flexibility index (Phi) is 6.64. The summed E-state index contributed by atoms with van der Waals surface area (Å²) in [6.07, 6.45) is 1.55. The first-order chi connectivity index (χ1) is 9.86. The topological polar surface area (TPSA) is 75.7 Å². The molecule has 118 valence electrons. The molecule has 1 aromatic carbocycles. The minimum Gasteiger partial charge on any atom is -0.497 e. The zero-order chi connectivity index (χ0) is 15.9. The van der Waals surface area contributed by atoms with Crippen LogP contribution in [0.5, 0.6) is 5.75 Å². The van der Waals surface area contributed by atoms with Crippen molar-refractivity contribution >= 4 is 15.9 Å². The number of amides is 1. The van der Waals surface area contributed by atoms with Crippen LogP contribution in [0.4, 0.5) is 0 Å². The van der Waals surface area contributed by atoms with Gasteiger partial charge in [0, 0.05) is 26.1 Å². The van der Waals surface area contributed by atoms with Gasteiger partial charge < -0.3 is 10.1 Å². The van der Waals surface area contributed by atoms with E-state index in [1.54, 1.807) is 26.2 Å². The molecule has 0 saturated heterocycles. The van der Waals surface area contributed by atoms with E-state index in [1.807, 2.05) is 12.1 Å². The van der Waals surface area contributed by atoms with E-state index in [4.69, 9.17) is 4.74 Å². The summed E-state index contributed by atoms with van der Waals surface area (Å²) in [6.45, 7) is 2.57. The fraction of sp³-hybridized carbons (Fsp3) is 0.500. The predicted molar refractivity (Wildman–Crippen MR) is 81.5 cm³/mol. The summed E-state index contributed by atoms with van der Waals surface area (Å²) in [5.74, 6) is 0.632. The number of nitrogens with zero attached hydrogens (tertiary/aromatic N) is 1. The molecule has 1 N–H and O–H groups in total. The summed E-state index contributed by atoms with van der Waals surface area (Å²) >= 11 is 0. The Morgan fingerprint density at radius 3 is 2.38 bits per heavy atom. The lowest BCUT2D eigenvalue weighted by molar-refractivity contribution is -0.120. The number of rotatable bonds is 8. The second-order valence-electron chi connectivity index (χ2n) is 4.65. The highest BCUT2D eigenvalue weighted by molar-refractivity contribution is 7.88. The lowest BCUT2D eigenvalue weighted by Crippen LogP contribution is -2.37. The van der Waals surface area contributed by atoms with Crippen molar-refractivity contribution < 1.29 is 17.9 Å². The van der Waals surface area contributed by atoms with Crippen molar-refractivity contribution in [3.8, 4) is 5.75 Å². The predicted octanol–water partition coefficient (Wildman–Crippen LogP) is 0.983. The maximum Gasteiger partial charge on any atom is 0.219 e. The molecule has 0 fully saturated rings. The molecule has 1 amide bonds. The summed E-state index contributed by atoms with van der Waals surface area (Å²) in [7, 11) is -1.76. The normalized spacial score (nSPS) is 11.4. The first-order valence-electron chi connectivity index (χ1n) is 6.71. The molecule has 0 bridgehead atoms. The number of sulfonamides is 1. The number of nitrogens with one attached hydrogen (secondary N) is 1. The highest BCUT2D eigenvalue weighted by atomic mass is 32.2. The van der Waals surface area contributed by atoms with Gasteiger partial charge in [0.1, 0.15) is 5.75 Å². The van der Waals surface area contributed by atoms with Crippen LogP contribution >= 0.6 is 0 Å². The van der Waals surface area contributed by atoms with Crippen LogP contribution in [0.3, 0.4) is 0 Å². The monoisotopic (exact) mass is 314 g/mol. The van der Waals surface area contributed by atoms with E-state index in [9.17, 15) is 13.2 Å². The van der Waals surface area contributed by atoms with E-state index >= 15 is 0 Å². The van der Waals surface area contributed by atoms with Crippen LogP contribution in [0.2, 0.25) is 0 Å². The van der Waals surface area contributed by atoms with E-state index in [2.05, 4.69) is 5.32 Å². The minimum absolute atomic E-state index is 0.0899. The van der Waals surface area contributed by atoms with Gasteiger partial charge in [-0.1, -0.05) is 19.1 Å². The maximum atomic E-state index is 11.8. The van der Waals surface area contributed by atoms with Gasteiger partial charge in [0.25, 0.3) is 0 Å². The van der Waals surface area contributed by atoms with Crippen molar-refractivity contribution in [3.63, 3.8) is 0 Å². The minimum atomic E-state index is -3.33. The molecule has 0 aromatic heterocycles. The molecule has 7 heteroatoms. The molecule has 1 rings (SSSR count). The highest BCUT2D eigenvalue weighted by Crippen LogP contribution is 2.14. The van der Waals surface area contributed by atoms with Crippen LogP contribution in [0.15, 0.2) is 24.3 Å². The van der Waals surface area contributed by atoms with Gasteiger partial charge in [-0.25, -0.2) is 8.42 Å². The van der Waals surface area contributed by atoms with Crippen molar-refractivity contribution in [2.45, 2.75) is 19.9 Å². The van der Waals surface area contributed by atoms with E-state index < -0.39 is 10.0 Å². The third-order valence-corrected chi connectivity index (χ3v) is 4.24. The molecule has 0 aliphatic carbocycles. The van der Waals surface area contributed by atoms with Crippen molar-refractivity contribution in [2.24, 2.45) is 0 Å². The summed E-state index contributed by atoms with van der Waals surface area (Å²) in [5.41, 5.74) is 0.864. The third-order valence-electron chi connectivity index (χ3n) is 2.99. The van der Waals surface area contributed by atoms with E-state index in [1.165, 1.54) is 4.31 Å². The average Bonchev–Trinajstić information content (AvgIpc) is 2.45. The lowest BCUT2D eigenvalue weighted by atomic mass is 10.2. The molecular formula is C14H22N2O4S. The van der Waals surface area contributed by atoms with Crippen LogP contribution in [0, 0.1) is 0 Å². The molecule has 21 heavy (non-hydrogen) atoms. The third kappa shape index (κ3) is 6.14. The van der Waals surface area contributed by atoms with Gasteiger partial charge in [0.05, 0.1) is 13.4 Å². The van der Waals surface area contributed by atoms with Gasteiger partial charge in [0.2, 0.25) is 15.9 Å². The number of carbonyl (C=O) groups excluding carboxylic acids is 1. The zero-order valence-corrected chi connectivity index (χ0v) is 13.4. The average molecular weight is 314 g/mol. The number of methoxy groups -OCH3 is 1. The molecule has 0 aliphatic rings. The summed E-state index contributed by atoms with van der Waals surface area (Å²) in [6, 6.07) is 7.21. The molecule has 0 atom stereocenters. The maximum absolute atomic E-state index is 11.8. The van der Waals surface area contributed by atoms with Gasteiger partial charge in [-0.05, 0) is 17.7 Å². The molecule has 0 saturated carbocycles. The van der Waals surface area contributed by atoms with Gasteiger partial charge in [-0.15, -0.1) is 0 Å². The van der Waals surface area contributed by atoms with Crippen molar-refractivity contribution in [1.29, 1.82) is 0 Å². The molecule has 0 radical (unpaired) electrons. The largest absolute Gasteiger partial charge is 0.497 e. The molecular weight excluding hydrogens is 292 g/mol. The quantitative estimate of drug-likeness (QED) is 0.776. The van der Waals surface area contributed by atoms with Crippen molar-refractivity contribution in [1.82, 2.24) is 9.62 Å². The van der Waals surface area contributed by atoms with Gasteiger partial charge in [0.15, 0.2) is 0 Å². The van der Waals surface area contributed by atoms with Crippen LogP contribution in [-0.2, 0) is 21.4 Å². The Labute approximate surface area is 126 Å². The van der Waals surface area contributed by atoms with Crippen LogP contribution in [0.25, 0.3) is 0 Å². The fourth-order valence-electron chi connectivity index (χ4n) is 1.74. The second kappa shape index (κ2) is 7.99. The molecule has 1 aromatic rings. The van der Waals surface area contributed by atoms with E-state index in [0.29, 0.717) is 13.0 Å². The van der Waals surface area contributed by atoms with Gasteiger partial charge in [-0.3, -0.25) is 4.79 Å². The smallest absolute Gasteiger partial charge is 0.219 e. The Morgan fingerprint density at radius 2 is 1.90 bits per heavy atom. The van der Waals surface area contributed by atoms with E-state index in [0.717, 1.165) is 17.6 Å². The first kappa shape index (κ1) is 17.5. The van der Waals surface area contributed by atoms with Crippen LogP contribution in [-0.4, -0.2) is 45.1 Å². The molecule has 0 spiro atoms. The van der Waals surface area contributed by atoms with Crippen LogP contribution < -0.4 is 10.1 Å². The Hall–Kier alpha value is -1.60. The Bertz CT molecular complexity index is 555. The fourth-order valence-corrected chi connectivity index (χ4v) is 2.55. The molecule has 0 heterocycles. The van der Waals surface area contributed by atoms with Gasteiger partial charge in [-0.2, -0.15) is 4.31 Å². The van der Waals surface area contributed by atoms with E-state index in [-0.39, 0.29) is 19.0 Å². The first-order valence-corrected chi connectivity index (χ1v) is 8.56. The number of carbonyl (C=O) groups is 1. The standard InChI is InChI=1S/C14H22N2O4S/c1-4-14(17)15-9-10-16(21(3,18)19)11-12-5-7-13(20-2)8-6-12/h5-8H,4,9-11H2,1-3H3,(H,15,17). The molecule has 0 aliphatic heterocycles. The SMILES string of the molecule is CCC(=O)NCCN(Cc1ccc(OC)cc1)S(C)(=O)=O. The number of hydrogen-bond acceptors (Lipinski definition) is 4. The number of hydrogen-bond donors (Lipinski definition) is 1. The van der Waals surface area contributed by atoms with Crippen molar-refractivity contribution in [3.05, 3.63) is 29.8 Å². The zero-order valence-electron chi connectivity index (χ0n) is 12.6. The summed E-state index contributed by atoms with van der Waals surface area (Å²) in [5, 5.41) is 2.67. The van der Waals surface area contributed by atoms with Gasteiger partial charge >= 0.3 is 0 Å². The second-order valence-corrected chi connectivity index (χ2v) is 6.63. The molecule has 6 nitrogen and oxygen atoms in total. The number of benzene rings is 1. The Morgan fingerprint density at radius 1 is 1.29 bits per heavy atom. The lowest BCUT2D eigenvalue weighted by Gasteiger charge is -2.20. The highest BCUT2D eigenvalue weighted by Gasteiger charge is 2.16.